The van der Waals surface area contributed by atoms with Gasteiger partial charge in [-0.1, -0.05) is 12.1 Å². The highest BCUT2D eigenvalue weighted by Crippen LogP contribution is 2.31. The van der Waals surface area contributed by atoms with E-state index < -0.39 is 19.2 Å². The van der Waals surface area contributed by atoms with E-state index in [9.17, 15) is 9.82 Å². The fraction of sp³-hybridized carbons (Fsp3) is 0.278. The van der Waals surface area contributed by atoms with Gasteiger partial charge < -0.3 is 30.0 Å². The summed E-state index contributed by atoms with van der Waals surface area (Å²) < 4.78 is 16.7. The Kier molecular flexibility index (Phi) is 5.77. The number of carboxylic acids is 1. The summed E-state index contributed by atoms with van der Waals surface area (Å²) in [5, 5.41) is 19.0. The van der Waals surface area contributed by atoms with Crippen molar-refractivity contribution >= 4 is 18.6 Å². The van der Waals surface area contributed by atoms with Crippen molar-refractivity contribution in [3.63, 3.8) is 0 Å². The zero-order valence-electron chi connectivity index (χ0n) is 14.1. The van der Waals surface area contributed by atoms with Crippen LogP contribution in [0.5, 0.6) is 17.2 Å². The van der Waals surface area contributed by atoms with Crippen LogP contribution in [0, 0.1) is 0 Å². The maximum atomic E-state index is 10.9. The van der Waals surface area contributed by atoms with Gasteiger partial charge in [-0.2, -0.15) is 0 Å². The number of nitrogens with two attached hydrogens (primary N) is 1. The van der Waals surface area contributed by atoms with E-state index >= 15 is 0 Å². The molecule has 4 N–H and O–H groups in total. The Morgan fingerprint density at radius 2 is 1.96 bits per heavy atom. The van der Waals surface area contributed by atoms with Gasteiger partial charge >= 0.3 is 13.1 Å². The molecule has 0 bridgehead atoms. The molecule has 8 heteroatoms. The smallest absolute Gasteiger partial charge is 0.492 e. The Labute approximate surface area is 151 Å². The molecule has 0 spiro atoms. The third-order valence-corrected chi connectivity index (χ3v) is 3.98. The SMILES string of the molecule is NCCCOc1cccc(Oc2ccc3c(c2)B(O)O[C@H]3CC(=O)O)c1. The summed E-state index contributed by atoms with van der Waals surface area (Å²) >= 11 is 0. The average Bonchev–Trinajstić information content (AvgIpc) is 2.90. The Morgan fingerprint density at radius 1 is 1.19 bits per heavy atom. The van der Waals surface area contributed by atoms with Gasteiger partial charge in [-0.05, 0) is 48.3 Å². The van der Waals surface area contributed by atoms with Crippen molar-refractivity contribution in [3.05, 3.63) is 48.0 Å². The normalized spacial score (nSPS) is 15.6. The molecule has 3 rings (SSSR count). The zero-order chi connectivity index (χ0) is 18.5. The molecule has 26 heavy (non-hydrogen) atoms. The maximum Gasteiger partial charge on any atom is 0.492 e. The van der Waals surface area contributed by atoms with Crippen LogP contribution >= 0.6 is 0 Å². The van der Waals surface area contributed by atoms with Crippen LogP contribution in [0.3, 0.4) is 0 Å². The number of carboxylic acid groups (broad SMARTS) is 1. The Hall–Kier alpha value is -2.55. The minimum atomic E-state index is -1.16. The molecule has 0 radical (unpaired) electrons. The molecule has 0 fully saturated rings. The molecule has 2 aromatic rings. The van der Waals surface area contributed by atoms with Crippen LogP contribution in [0.1, 0.15) is 24.5 Å². The molecule has 7 nitrogen and oxygen atoms in total. The van der Waals surface area contributed by atoms with Crippen LogP contribution in [-0.4, -0.2) is 36.4 Å². The number of carbonyl (C=O) groups is 1. The second-order valence-electron chi connectivity index (χ2n) is 5.93. The lowest BCUT2D eigenvalue weighted by atomic mass is 9.79. The first-order valence-electron chi connectivity index (χ1n) is 8.37. The van der Waals surface area contributed by atoms with Crippen molar-refractivity contribution in [2.75, 3.05) is 13.2 Å². The Bertz CT molecular complexity index is 784. The fourth-order valence-corrected chi connectivity index (χ4v) is 2.78. The number of rotatable bonds is 8. The van der Waals surface area contributed by atoms with Gasteiger partial charge in [-0.25, -0.2) is 0 Å². The molecule has 0 saturated heterocycles. The highest BCUT2D eigenvalue weighted by Gasteiger charge is 2.36. The van der Waals surface area contributed by atoms with Crippen LogP contribution in [0.15, 0.2) is 42.5 Å². The molecule has 0 aromatic heterocycles. The number of hydrogen-bond donors (Lipinski definition) is 3. The van der Waals surface area contributed by atoms with Crippen molar-refractivity contribution in [2.24, 2.45) is 5.73 Å². The molecule has 1 aliphatic rings. The van der Waals surface area contributed by atoms with Gasteiger partial charge in [-0.3, -0.25) is 4.79 Å². The highest BCUT2D eigenvalue weighted by molar-refractivity contribution is 6.61. The number of benzene rings is 2. The zero-order valence-corrected chi connectivity index (χ0v) is 14.1. The molecule has 1 atom stereocenters. The number of ether oxygens (including phenoxy) is 2. The van der Waals surface area contributed by atoms with Crippen molar-refractivity contribution in [2.45, 2.75) is 18.9 Å². The molecule has 0 saturated carbocycles. The number of hydrogen-bond acceptors (Lipinski definition) is 6. The first-order chi connectivity index (χ1) is 12.6. The summed E-state index contributed by atoms with van der Waals surface area (Å²) in [6, 6.07) is 12.3. The van der Waals surface area contributed by atoms with Crippen molar-refractivity contribution in [1.82, 2.24) is 0 Å². The highest BCUT2D eigenvalue weighted by atomic mass is 16.5. The topological polar surface area (TPSA) is 111 Å². The van der Waals surface area contributed by atoms with E-state index in [0.29, 0.717) is 41.4 Å². The Balaban J connectivity index is 1.73. The molecular weight excluding hydrogens is 337 g/mol. The van der Waals surface area contributed by atoms with Gasteiger partial charge in [0.05, 0.1) is 19.1 Å². The van der Waals surface area contributed by atoms with E-state index in [-0.39, 0.29) is 6.42 Å². The van der Waals surface area contributed by atoms with Gasteiger partial charge in [-0.15, -0.1) is 0 Å². The minimum Gasteiger partial charge on any atom is -0.493 e. The van der Waals surface area contributed by atoms with Gasteiger partial charge in [0, 0.05) is 6.07 Å². The fourth-order valence-electron chi connectivity index (χ4n) is 2.78. The van der Waals surface area contributed by atoms with Crippen LogP contribution < -0.4 is 20.7 Å². The van der Waals surface area contributed by atoms with Crippen molar-refractivity contribution in [1.29, 1.82) is 0 Å². The molecule has 1 heterocycles. The van der Waals surface area contributed by atoms with Crippen LogP contribution in [-0.2, 0) is 9.45 Å². The molecular formula is C18H20BNO6. The molecule has 2 aromatic carbocycles. The standard InChI is InChI=1S/C18H20BNO6/c20-7-2-8-24-12-3-1-4-13(9-12)25-14-5-6-15-16(10-14)19(23)26-17(15)11-18(21)22/h1,3-6,9-10,17,23H,2,7-8,11,20H2,(H,21,22)/t17-/m0/s1. The lowest BCUT2D eigenvalue weighted by Gasteiger charge is -2.11. The molecule has 0 unspecified atom stereocenters. The largest absolute Gasteiger partial charge is 0.493 e. The van der Waals surface area contributed by atoms with E-state index in [2.05, 4.69) is 0 Å². The van der Waals surface area contributed by atoms with Gasteiger partial charge in [0.15, 0.2) is 0 Å². The van der Waals surface area contributed by atoms with Crippen molar-refractivity contribution < 1.29 is 29.1 Å². The lowest BCUT2D eigenvalue weighted by molar-refractivity contribution is -0.138. The third kappa shape index (κ3) is 4.34. The number of aliphatic carboxylic acids is 1. The summed E-state index contributed by atoms with van der Waals surface area (Å²) in [7, 11) is -1.16. The third-order valence-electron chi connectivity index (χ3n) is 3.98. The number of fused-ring (bicyclic) bond motifs is 1. The summed E-state index contributed by atoms with van der Waals surface area (Å²) in [6.07, 6.45) is -0.0941. The average molecular weight is 357 g/mol. The van der Waals surface area contributed by atoms with E-state index in [1.165, 1.54) is 0 Å². The van der Waals surface area contributed by atoms with E-state index in [0.717, 1.165) is 6.42 Å². The van der Waals surface area contributed by atoms with Crippen LogP contribution in [0.25, 0.3) is 0 Å². The van der Waals surface area contributed by atoms with Crippen molar-refractivity contribution in [3.8, 4) is 17.2 Å². The van der Waals surface area contributed by atoms with E-state index in [1.54, 1.807) is 30.3 Å². The molecule has 136 valence electrons. The second kappa shape index (κ2) is 8.22. The quantitative estimate of drug-likeness (QED) is 0.484. The van der Waals surface area contributed by atoms with Gasteiger partial charge in [0.2, 0.25) is 0 Å². The van der Waals surface area contributed by atoms with Crippen LogP contribution in [0.4, 0.5) is 0 Å². The second-order valence-corrected chi connectivity index (χ2v) is 5.93. The summed E-state index contributed by atoms with van der Waals surface area (Å²) in [6.45, 7) is 1.10. The lowest BCUT2D eigenvalue weighted by Crippen LogP contribution is -2.28. The Morgan fingerprint density at radius 3 is 2.73 bits per heavy atom. The maximum absolute atomic E-state index is 10.9. The predicted molar refractivity (Wildman–Crippen MR) is 95.8 cm³/mol. The van der Waals surface area contributed by atoms with E-state index in [1.807, 2.05) is 12.1 Å². The molecule has 0 amide bonds. The monoisotopic (exact) mass is 357 g/mol. The van der Waals surface area contributed by atoms with Gasteiger partial charge in [0.25, 0.3) is 0 Å². The molecule has 1 aliphatic heterocycles. The first-order valence-corrected chi connectivity index (χ1v) is 8.37. The summed E-state index contributed by atoms with van der Waals surface area (Å²) in [5.41, 5.74) is 6.63. The first kappa shape index (κ1) is 18.3. The summed E-state index contributed by atoms with van der Waals surface area (Å²) in [4.78, 5) is 10.9. The van der Waals surface area contributed by atoms with Crippen LogP contribution in [0.2, 0.25) is 0 Å². The summed E-state index contributed by atoms with van der Waals surface area (Å²) in [5.74, 6) is 0.802. The van der Waals surface area contributed by atoms with Gasteiger partial charge in [0.1, 0.15) is 17.2 Å². The minimum absolute atomic E-state index is 0.202. The molecule has 0 aliphatic carbocycles. The predicted octanol–water partition coefficient (Wildman–Crippen LogP) is 1.44. The van der Waals surface area contributed by atoms with E-state index in [4.69, 9.17) is 25.0 Å².